The minimum Gasteiger partial charge on any atom is -0.453 e. The minimum atomic E-state index is -0.716. The summed E-state index contributed by atoms with van der Waals surface area (Å²) in [5.41, 5.74) is -0.0892. The Morgan fingerprint density at radius 1 is 1.20 bits per heavy atom. The second-order valence-electron chi connectivity index (χ2n) is 6.29. The van der Waals surface area contributed by atoms with Gasteiger partial charge in [-0.2, -0.15) is 0 Å². The molecule has 112 valence electrons. The molecule has 0 fully saturated rings. The summed E-state index contributed by atoms with van der Waals surface area (Å²) in [6.07, 6.45) is 0.140. The Bertz CT molecular complexity index is 439. The summed E-state index contributed by atoms with van der Waals surface area (Å²) in [6, 6.07) is 9.83. The number of methoxy groups -OCH3 is 1. The Morgan fingerprint density at radius 2 is 1.75 bits per heavy atom. The van der Waals surface area contributed by atoms with Crippen molar-refractivity contribution < 1.29 is 14.6 Å². The normalized spacial score (nSPS) is 14.5. The largest absolute Gasteiger partial charge is 0.453 e. The standard InChI is InChI=1S/C16H25NO3/c1-15(2,3)17(14(19)20-5)16(4,12-18)11-13-9-7-6-8-10-13/h6-10,18H,11-12H2,1-5H3. The smallest absolute Gasteiger partial charge is 0.410 e. The molecule has 1 rings (SSSR count). The summed E-state index contributed by atoms with van der Waals surface area (Å²) in [5.74, 6) is 0. The monoisotopic (exact) mass is 279 g/mol. The van der Waals surface area contributed by atoms with Gasteiger partial charge in [0.25, 0.3) is 0 Å². The van der Waals surface area contributed by atoms with Crippen LogP contribution in [0.15, 0.2) is 30.3 Å². The molecule has 0 radical (unpaired) electrons. The third kappa shape index (κ3) is 3.73. The van der Waals surface area contributed by atoms with Crippen LogP contribution in [0.5, 0.6) is 0 Å². The molecule has 0 bridgehead atoms. The maximum Gasteiger partial charge on any atom is 0.410 e. The molecule has 0 saturated carbocycles. The van der Waals surface area contributed by atoms with Gasteiger partial charge in [-0.05, 0) is 39.7 Å². The maximum absolute atomic E-state index is 12.1. The average Bonchev–Trinajstić information content (AvgIpc) is 2.38. The van der Waals surface area contributed by atoms with Gasteiger partial charge in [0, 0.05) is 5.54 Å². The molecule has 0 aliphatic carbocycles. The number of amides is 1. The molecule has 1 unspecified atom stereocenters. The van der Waals surface area contributed by atoms with Crippen molar-refractivity contribution in [1.29, 1.82) is 0 Å². The van der Waals surface area contributed by atoms with E-state index in [1.54, 1.807) is 4.90 Å². The van der Waals surface area contributed by atoms with Crippen LogP contribution in [0, 0.1) is 0 Å². The van der Waals surface area contributed by atoms with E-state index in [9.17, 15) is 9.90 Å². The second-order valence-corrected chi connectivity index (χ2v) is 6.29. The number of carbonyl (C=O) groups excluding carboxylic acids is 1. The van der Waals surface area contributed by atoms with Gasteiger partial charge in [0.05, 0.1) is 19.3 Å². The van der Waals surface area contributed by atoms with Gasteiger partial charge in [0.2, 0.25) is 0 Å². The van der Waals surface area contributed by atoms with Crippen LogP contribution in [0.3, 0.4) is 0 Å². The highest BCUT2D eigenvalue weighted by Crippen LogP contribution is 2.29. The summed E-state index contributed by atoms with van der Waals surface area (Å²) in [6.45, 7) is 7.55. The van der Waals surface area contributed by atoms with Gasteiger partial charge in [-0.25, -0.2) is 4.79 Å². The predicted octanol–water partition coefficient (Wildman–Crippen LogP) is 2.85. The summed E-state index contributed by atoms with van der Waals surface area (Å²) >= 11 is 0. The number of aliphatic hydroxyl groups is 1. The lowest BCUT2D eigenvalue weighted by Gasteiger charge is -2.47. The summed E-state index contributed by atoms with van der Waals surface area (Å²) < 4.78 is 4.90. The van der Waals surface area contributed by atoms with Crippen LogP contribution < -0.4 is 0 Å². The number of rotatable bonds is 4. The zero-order chi connectivity index (χ0) is 15.4. The van der Waals surface area contributed by atoms with Crippen molar-refractivity contribution in [2.24, 2.45) is 0 Å². The van der Waals surface area contributed by atoms with Crippen molar-refractivity contribution in [3.05, 3.63) is 35.9 Å². The molecule has 0 aliphatic rings. The van der Waals surface area contributed by atoms with Crippen molar-refractivity contribution in [2.75, 3.05) is 13.7 Å². The number of aliphatic hydroxyl groups excluding tert-OH is 1. The van der Waals surface area contributed by atoms with Crippen LogP contribution in [0.1, 0.15) is 33.3 Å². The van der Waals surface area contributed by atoms with Gasteiger partial charge < -0.3 is 9.84 Å². The third-order valence-corrected chi connectivity index (χ3v) is 3.34. The van der Waals surface area contributed by atoms with E-state index in [-0.39, 0.29) is 6.61 Å². The van der Waals surface area contributed by atoms with Gasteiger partial charge >= 0.3 is 6.09 Å². The Morgan fingerprint density at radius 3 is 2.15 bits per heavy atom. The van der Waals surface area contributed by atoms with Gasteiger partial charge in [-0.1, -0.05) is 30.3 Å². The van der Waals surface area contributed by atoms with E-state index < -0.39 is 17.2 Å². The fourth-order valence-corrected chi connectivity index (χ4v) is 2.64. The van der Waals surface area contributed by atoms with E-state index >= 15 is 0 Å². The number of hydrogen-bond acceptors (Lipinski definition) is 3. The molecule has 0 aliphatic heterocycles. The molecule has 0 saturated heterocycles. The van der Waals surface area contributed by atoms with Gasteiger partial charge in [-0.3, -0.25) is 4.90 Å². The highest BCUT2D eigenvalue weighted by Gasteiger charge is 2.42. The van der Waals surface area contributed by atoms with E-state index in [2.05, 4.69) is 0 Å². The average molecular weight is 279 g/mol. The summed E-state index contributed by atoms with van der Waals surface area (Å²) in [4.78, 5) is 13.8. The molecule has 1 atom stereocenters. The highest BCUT2D eigenvalue weighted by molar-refractivity contribution is 5.69. The lowest BCUT2D eigenvalue weighted by atomic mass is 9.88. The third-order valence-electron chi connectivity index (χ3n) is 3.34. The SMILES string of the molecule is COC(=O)N(C(C)(C)C)C(C)(CO)Cc1ccccc1. The molecule has 0 spiro atoms. The van der Waals surface area contributed by atoms with E-state index in [1.165, 1.54) is 7.11 Å². The van der Waals surface area contributed by atoms with Crippen molar-refractivity contribution >= 4 is 6.09 Å². The fourth-order valence-electron chi connectivity index (χ4n) is 2.64. The van der Waals surface area contributed by atoms with Crippen molar-refractivity contribution in [2.45, 2.75) is 45.2 Å². The quantitative estimate of drug-likeness (QED) is 0.922. The number of hydrogen-bond donors (Lipinski definition) is 1. The Labute approximate surface area is 121 Å². The molecule has 1 aromatic rings. The molecule has 1 amide bonds. The van der Waals surface area contributed by atoms with E-state index in [1.807, 2.05) is 58.0 Å². The van der Waals surface area contributed by atoms with E-state index in [0.717, 1.165) is 5.56 Å². The summed E-state index contributed by atoms with van der Waals surface area (Å²) in [5, 5.41) is 9.88. The zero-order valence-corrected chi connectivity index (χ0v) is 13.0. The number of ether oxygens (including phenoxy) is 1. The molecule has 4 nitrogen and oxygen atoms in total. The number of nitrogens with zero attached hydrogens (tertiary/aromatic N) is 1. The number of benzene rings is 1. The Balaban J connectivity index is 3.14. The van der Waals surface area contributed by atoms with Crippen LogP contribution in [-0.4, -0.2) is 40.9 Å². The first-order chi connectivity index (χ1) is 9.24. The molecule has 20 heavy (non-hydrogen) atoms. The van der Waals surface area contributed by atoms with Crippen LogP contribution in [0.4, 0.5) is 4.79 Å². The van der Waals surface area contributed by atoms with Crippen molar-refractivity contribution in [3.8, 4) is 0 Å². The first-order valence-electron chi connectivity index (χ1n) is 6.77. The van der Waals surface area contributed by atoms with Gasteiger partial charge in [-0.15, -0.1) is 0 Å². The first kappa shape index (κ1) is 16.5. The highest BCUT2D eigenvalue weighted by atomic mass is 16.5. The molecule has 0 heterocycles. The fraction of sp³-hybridized carbons (Fsp3) is 0.562. The molecule has 1 aromatic carbocycles. The van der Waals surface area contributed by atoms with Crippen LogP contribution >= 0.6 is 0 Å². The molecular weight excluding hydrogens is 254 g/mol. The topological polar surface area (TPSA) is 49.8 Å². The Hall–Kier alpha value is -1.55. The lowest BCUT2D eigenvalue weighted by molar-refractivity contribution is -0.0127. The number of carbonyl (C=O) groups is 1. The molecule has 0 aromatic heterocycles. The van der Waals surface area contributed by atoms with Crippen molar-refractivity contribution in [3.63, 3.8) is 0 Å². The van der Waals surface area contributed by atoms with E-state index in [0.29, 0.717) is 6.42 Å². The van der Waals surface area contributed by atoms with Crippen LogP contribution in [0.2, 0.25) is 0 Å². The predicted molar refractivity (Wildman–Crippen MR) is 79.6 cm³/mol. The first-order valence-corrected chi connectivity index (χ1v) is 6.77. The molecule has 1 N–H and O–H groups in total. The second kappa shape index (κ2) is 6.27. The molecule has 4 heteroatoms. The van der Waals surface area contributed by atoms with Crippen molar-refractivity contribution in [1.82, 2.24) is 4.90 Å². The maximum atomic E-state index is 12.1. The van der Waals surface area contributed by atoms with E-state index in [4.69, 9.17) is 4.74 Å². The Kier molecular flexibility index (Phi) is 5.17. The lowest BCUT2D eigenvalue weighted by Crippen LogP contribution is -2.61. The van der Waals surface area contributed by atoms with Gasteiger partial charge in [0.1, 0.15) is 0 Å². The van der Waals surface area contributed by atoms with Crippen LogP contribution in [0.25, 0.3) is 0 Å². The van der Waals surface area contributed by atoms with Gasteiger partial charge in [0.15, 0.2) is 0 Å². The minimum absolute atomic E-state index is 0.131. The molecular formula is C16H25NO3. The summed E-state index contributed by atoms with van der Waals surface area (Å²) in [7, 11) is 1.36. The zero-order valence-electron chi connectivity index (χ0n) is 13.0. The van der Waals surface area contributed by atoms with Crippen LogP contribution in [-0.2, 0) is 11.2 Å².